The maximum absolute atomic E-state index is 12.3. The van der Waals surface area contributed by atoms with Crippen LogP contribution in [0.5, 0.6) is 0 Å². The van der Waals surface area contributed by atoms with E-state index in [4.69, 9.17) is 4.74 Å². The van der Waals surface area contributed by atoms with Gasteiger partial charge in [-0.15, -0.1) is 0 Å². The maximum atomic E-state index is 12.3. The van der Waals surface area contributed by atoms with E-state index in [2.05, 4.69) is 5.10 Å². The number of morpholine rings is 1. The van der Waals surface area contributed by atoms with Crippen molar-refractivity contribution in [3.05, 3.63) is 21.5 Å². The molecule has 1 saturated heterocycles. The Morgan fingerprint density at radius 1 is 1.38 bits per heavy atom. The van der Waals surface area contributed by atoms with Crippen LogP contribution in [-0.4, -0.2) is 50.8 Å². The Morgan fingerprint density at radius 2 is 1.95 bits per heavy atom. The Morgan fingerprint density at radius 3 is 2.43 bits per heavy atom. The van der Waals surface area contributed by atoms with E-state index >= 15 is 0 Å². The summed E-state index contributed by atoms with van der Waals surface area (Å²) in [5.41, 5.74) is 0.709. The summed E-state index contributed by atoms with van der Waals surface area (Å²) >= 11 is 0. The van der Waals surface area contributed by atoms with Gasteiger partial charge in [0.2, 0.25) is 5.91 Å². The number of hydrogen-bond acceptors (Lipinski definition) is 5. The molecule has 1 aliphatic heterocycles. The van der Waals surface area contributed by atoms with Crippen LogP contribution < -0.4 is 0 Å². The van der Waals surface area contributed by atoms with Crippen molar-refractivity contribution in [3.8, 4) is 0 Å². The van der Waals surface area contributed by atoms with Crippen molar-refractivity contribution in [1.82, 2.24) is 14.7 Å². The predicted molar refractivity (Wildman–Crippen MR) is 74.9 cm³/mol. The summed E-state index contributed by atoms with van der Waals surface area (Å²) in [6, 6.07) is 0. The lowest BCUT2D eigenvalue weighted by Gasteiger charge is -2.35. The average Bonchev–Trinajstić information content (AvgIpc) is 2.63. The second-order valence-electron chi connectivity index (χ2n) is 5.49. The van der Waals surface area contributed by atoms with Crippen LogP contribution in [-0.2, 0) is 16.1 Å². The molecule has 2 rings (SSSR count). The van der Waals surface area contributed by atoms with Crippen LogP contribution in [0.1, 0.15) is 25.2 Å². The van der Waals surface area contributed by atoms with Crippen molar-refractivity contribution >= 4 is 11.6 Å². The van der Waals surface area contributed by atoms with Crippen molar-refractivity contribution in [2.45, 2.75) is 46.4 Å². The van der Waals surface area contributed by atoms with E-state index in [0.717, 1.165) is 0 Å². The fraction of sp³-hybridized carbons (Fsp3) is 0.692. The van der Waals surface area contributed by atoms with Gasteiger partial charge in [-0.1, -0.05) is 0 Å². The lowest BCUT2D eigenvalue weighted by Crippen LogP contribution is -2.49. The highest BCUT2D eigenvalue weighted by molar-refractivity contribution is 5.76. The Bertz CT molecular complexity index is 559. The van der Waals surface area contributed by atoms with Crippen LogP contribution >= 0.6 is 0 Å². The van der Waals surface area contributed by atoms with Gasteiger partial charge in [0, 0.05) is 13.1 Å². The molecule has 0 saturated carbocycles. The molecule has 8 heteroatoms. The van der Waals surface area contributed by atoms with Crippen molar-refractivity contribution in [2.75, 3.05) is 13.1 Å². The lowest BCUT2D eigenvalue weighted by atomic mass is 10.2. The molecule has 8 nitrogen and oxygen atoms in total. The number of hydrogen-bond donors (Lipinski definition) is 0. The fourth-order valence-electron chi connectivity index (χ4n) is 2.72. The number of aryl methyl sites for hydroxylation is 1. The van der Waals surface area contributed by atoms with Crippen LogP contribution in [0.25, 0.3) is 0 Å². The highest BCUT2D eigenvalue weighted by Gasteiger charge is 2.28. The zero-order valence-corrected chi connectivity index (χ0v) is 12.7. The number of amides is 1. The summed E-state index contributed by atoms with van der Waals surface area (Å²) in [6.45, 7) is 8.10. The number of carbonyl (C=O) groups is 1. The summed E-state index contributed by atoms with van der Waals surface area (Å²) in [7, 11) is 0. The Labute approximate surface area is 122 Å². The molecule has 0 N–H and O–H groups in total. The second-order valence-corrected chi connectivity index (χ2v) is 5.49. The third kappa shape index (κ3) is 3.21. The summed E-state index contributed by atoms with van der Waals surface area (Å²) in [5.74, 6) is -0.0995. The molecule has 116 valence electrons. The molecule has 0 unspecified atom stereocenters. The van der Waals surface area contributed by atoms with Crippen molar-refractivity contribution in [1.29, 1.82) is 0 Å². The molecule has 1 aromatic heterocycles. The largest absolute Gasteiger partial charge is 0.372 e. The van der Waals surface area contributed by atoms with Crippen LogP contribution in [0.2, 0.25) is 0 Å². The zero-order chi connectivity index (χ0) is 15.7. The summed E-state index contributed by atoms with van der Waals surface area (Å²) in [4.78, 5) is 24.6. The molecular formula is C13H20N4O4. The average molecular weight is 296 g/mol. The smallest absolute Gasteiger partial charge is 0.312 e. The molecular weight excluding hydrogens is 276 g/mol. The molecule has 1 fully saturated rings. The zero-order valence-electron chi connectivity index (χ0n) is 12.7. The molecule has 0 aromatic carbocycles. The summed E-state index contributed by atoms with van der Waals surface area (Å²) in [5, 5.41) is 15.1. The number of nitrogens with zero attached hydrogens (tertiary/aromatic N) is 4. The molecule has 0 bridgehead atoms. The number of aromatic nitrogens is 2. The Kier molecular flexibility index (Phi) is 4.26. The van der Waals surface area contributed by atoms with Gasteiger partial charge in [-0.3, -0.25) is 19.6 Å². The molecule has 1 aromatic rings. The SMILES string of the molecule is Cc1nn(CC(=O)N2C[C@@H](C)O[C@@H](C)C2)c(C)c1[N+](=O)[O-]. The number of ether oxygens (including phenoxy) is 1. The summed E-state index contributed by atoms with van der Waals surface area (Å²) < 4.78 is 6.99. The highest BCUT2D eigenvalue weighted by Crippen LogP contribution is 2.22. The van der Waals surface area contributed by atoms with Gasteiger partial charge in [0.25, 0.3) is 0 Å². The normalized spacial score (nSPS) is 22.4. The van der Waals surface area contributed by atoms with Crippen LogP contribution in [0, 0.1) is 24.0 Å². The quantitative estimate of drug-likeness (QED) is 0.614. The standard InChI is InChI=1S/C13H20N4O4/c1-8-5-15(6-9(2)21-8)12(18)7-16-11(4)13(17(19)20)10(3)14-16/h8-9H,5-7H2,1-4H3/t8-,9+. The monoisotopic (exact) mass is 296 g/mol. The van der Waals surface area contributed by atoms with E-state index < -0.39 is 4.92 Å². The molecule has 2 heterocycles. The van der Waals surface area contributed by atoms with E-state index in [1.165, 1.54) is 4.68 Å². The molecule has 1 amide bonds. The lowest BCUT2D eigenvalue weighted by molar-refractivity contribution is -0.386. The molecule has 2 atom stereocenters. The van der Waals surface area contributed by atoms with Gasteiger partial charge >= 0.3 is 5.69 Å². The topological polar surface area (TPSA) is 90.5 Å². The van der Waals surface area contributed by atoms with Gasteiger partial charge in [-0.25, -0.2) is 0 Å². The third-order valence-electron chi connectivity index (χ3n) is 3.58. The number of nitro groups is 1. The molecule has 0 radical (unpaired) electrons. The fourth-order valence-corrected chi connectivity index (χ4v) is 2.72. The highest BCUT2D eigenvalue weighted by atomic mass is 16.6. The molecule has 21 heavy (non-hydrogen) atoms. The van der Waals surface area contributed by atoms with E-state index in [-0.39, 0.29) is 30.3 Å². The minimum absolute atomic E-state index is 0.00695. The van der Waals surface area contributed by atoms with Gasteiger partial charge in [-0.2, -0.15) is 5.10 Å². The van der Waals surface area contributed by atoms with Gasteiger partial charge in [0.15, 0.2) is 0 Å². The molecule has 0 spiro atoms. The predicted octanol–water partition coefficient (Wildman–Crippen LogP) is 1.04. The van der Waals surface area contributed by atoms with Gasteiger partial charge in [0.05, 0.1) is 17.1 Å². The first-order chi connectivity index (χ1) is 9.79. The van der Waals surface area contributed by atoms with Crippen molar-refractivity contribution in [2.24, 2.45) is 0 Å². The first-order valence-electron chi connectivity index (χ1n) is 6.91. The van der Waals surface area contributed by atoms with E-state index in [0.29, 0.717) is 24.5 Å². The van der Waals surface area contributed by atoms with Crippen molar-refractivity contribution in [3.63, 3.8) is 0 Å². The minimum atomic E-state index is -0.461. The Hall–Kier alpha value is -1.96. The Balaban J connectivity index is 2.13. The first kappa shape index (κ1) is 15.4. The number of carbonyl (C=O) groups excluding carboxylic acids is 1. The van der Waals surface area contributed by atoms with Crippen LogP contribution in [0.15, 0.2) is 0 Å². The van der Waals surface area contributed by atoms with Gasteiger partial charge in [-0.05, 0) is 27.7 Å². The van der Waals surface area contributed by atoms with Crippen LogP contribution in [0.4, 0.5) is 5.69 Å². The first-order valence-corrected chi connectivity index (χ1v) is 6.91. The van der Waals surface area contributed by atoms with E-state index in [9.17, 15) is 14.9 Å². The number of rotatable bonds is 3. The second kappa shape index (κ2) is 5.80. The van der Waals surface area contributed by atoms with E-state index in [1.807, 2.05) is 13.8 Å². The van der Waals surface area contributed by atoms with Gasteiger partial charge < -0.3 is 9.64 Å². The van der Waals surface area contributed by atoms with Crippen molar-refractivity contribution < 1.29 is 14.5 Å². The maximum Gasteiger partial charge on any atom is 0.312 e. The van der Waals surface area contributed by atoms with Gasteiger partial charge in [0.1, 0.15) is 17.9 Å². The summed E-state index contributed by atoms with van der Waals surface area (Å²) in [6.07, 6.45) is -0.0139. The molecule has 1 aliphatic rings. The minimum Gasteiger partial charge on any atom is -0.372 e. The van der Waals surface area contributed by atoms with Crippen LogP contribution in [0.3, 0.4) is 0 Å². The van der Waals surface area contributed by atoms with E-state index in [1.54, 1.807) is 18.7 Å². The molecule has 0 aliphatic carbocycles. The third-order valence-corrected chi connectivity index (χ3v) is 3.58.